The summed E-state index contributed by atoms with van der Waals surface area (Å²) >= 11 is 1.43. The maximum absolute atomic E-state index is 11.9. The summed E-state index contributed by atoms with van der Waals surface area (Å²) in [6.45, 7) is 1.37. The van der Waals surface area contributed by atoms with Gasteiger partial charge in [0.25, 0.3) is 5.91 Å². The molecule has 3 rings (SSSR count). The second kappa shape index (κ2) is 6.15. The van der Waals surface area contributed by atoms with E-state index in [1.807, 2.05) is 18.2 Å². The molecule has 0 radical (unpaired) electrons. The minimum atomic E-state index is -0.107. The highest BCUT2D eigenvalue weighted by atomic mass is 32.1. The summed E-state index contributed by atoms with van der Waals surface area (Å²) in [5.74, 6) is 0.213. The number of nitrogens with one attached hydrogen (secondary N) is 1. The summed E-state index contributed by atoms with van der Waals surface area (Å²) in [5.41, 5.74) is 3.34. The van der Waals surface area contributed by atoms with Gasteiger partial charge in [-0.3, -0.25) is 4.79 Å². The molecule has 1 amide bonds. The lowest BCUT2D eigenvalue weighted by Crippen LogP contribution is -2.30. The molecule has 5 heteroatoms. The third kappa shape index (κ3) is 2.89. The number of ether oxygens (including phenoxy) is 1. The van der Waals surface area contributed by atoms with Crippen molar-refractivity contribution in [2.45, 2.75) is 12.5 Å². The Balaban J connectivity index is 1.61. The van der Waals surface area contributed by atoms with Gasteiger partial charge in [0.15, 0.2) is 0 Å². The molecule has 0 spiro atoms. The highest BCUT2D eigenvalue weighted by Crippen LogP contribution is 2.33. The largest absolute Gasteiger partial charge is 0.373 e. The summed E-state index contributed by atoms with van der Waals surface area (Å²) in [7, 11) is 0. The van der Waals surface area contributed by atoms with Crippen LogP contribution in [0.1, 0.15) is 28.6 Å². The van der Waals surface area contributed by atoms with Crippen molar-refractivity contribution in [1.82, 2.24) is 10.3 Å². The predicted octanol–water partition coefficient (Wildman–Crippen LogP) is 2.65. The minimum absolute atomic E-state index is 0.0759. The lowest BCUT2D eigenvalue weighted by Gasteiger charge is -2.19. The van der Waals surface area contributed by atoms with Gasteiger partial charge in [-0.1, -0.05) is 30.3 Å². The first-order chi connectivity index (χ1) is 9.84. The molecule has 1 aromatic heterocycles. The number of rotatable bonds is 4. The molecule has 1 N–H and O–H groups in total. The molecule has 1 saturated heterocycles. The molecular formula is C15H16N2O2S. The quantitative estimate of drug-likeness (QED) is 0.941. The number of thiazole rings is 1. The Bertz CT molecular complexity index is 557. The van der Waals surface area contributed by atoms with Crippen molar-refractivity contribution in [2.75, 3.05) is 13.2 Å². The minimum Gasteiger partial charge on any atom is -0.373 e. The van der Waals surface area contributed by atoms with Gasteiger partial charge in [0.2, 0.25) is 0 Å². The normalized spacial score (nSPS) is 21.8. The van der Waals surface area contributed by atoms with E-state index in [1.54, 1.807) is 10.9 Å². The molecule has 104 valence electrons. The zero-order valence-electron chi connectivity index (χ0n) is 11.0. The van der Waals surface area contributed by atoms with Crippen molar-refractivity contribution < 1.29 is 9.53 Å². The molecule has 0 unspecified atom stereocenters. The second-order valence-corrected chi connectivity index (χ2v) is 5.55. The first-order valence-electron chi connectivity index (χ1n) is 6.67. The number of hydrogen-bond acceptors (Lipinski definition) is 4. The van der Waals surface area contributed by atoms with Gasteiger partial charge in [0.1, 0.15) is 5.69 Å². The average molecular weight is 288 g/mol. The second-order valence-electron chi connectivity index (χ2n) is 4.83. The van der Waals surface area contributed by atoms with Gasteiger partial charge in [-0.05, 0) is 12.0 Å². The zero-order chi connectivity index (χ0) is 13.8. The van der Waals surface area contributed by atoms with Gasteiger partial charge in [-0.15, -0.1) is 11.3 Å². The molecule has 4 nitrogen and oxygen atoms in total. The summed E-state index contributed by atoms with van der Waals surface area (Å²) in [6.07, 6.45) is 1.05. The molecule has 0 aliphatic carbocycles. The SMILES string of the molecule is O=C(NC[C@@H]1CCO[C@H]1c1ccccc1)c1cscn1. The number of hydrogen-bond donors (Lipinski definition) is 1. The number of carbonyl (C=O) groups excluding carboxylic acids is 1. The molecule has 1 aliphatic heterocycles. The Morgan fingerprint density at radius 1 is 1.40 bits per heavy atom. The van der Waals surface area contributed by atoms with Crippen molar-refractivity contribution in [3.63, 3.8) is 0 Å². The van der Waals surface area contributed by atoms with Crippen molar-refractivity contribution >= 4 is 17.2 Å². The smallest absolute Gasteiger partial charge is 0.270 e. The van der Waals surface area contributed by atoms with E-state index in [9.17, 15) is 4.79 Å². The Kier molecular flexibility index (Phi) is 4.08. The average Bonchev–Trinajstić information content (AvgIpc) is 3.17. The summed E-state index contributed by atoms with van der Waals surface area (Å²) < 4.78 is 5.81. The first-order valence-corrected chi connectivity index (χ1v) is 7.62. The third-order valence-electron chi connectivity index (χ3n) is 3.53. The Labute approximate surface area is 121 Å². The molecule has 20 heavy (non-hydrogen) atoms. The number of carbonyl (C=O) groups is 1. The molecular weight excluding hydrogens is 272 g/mol. The highest BCUT2D eigenvalue weighted by molar-refractivity contribution is 7.07. The van der Waals surface area contributed by atoms with E-state index in [0.717, 1.165) is 13.0 Å². The molecule has 1 aromatic carbocycles. The summed E-state index contributed by atoms with van der Waals surface area (Å²) in [5, 5.41) is 4.71. The standard InChI is InChI=1S/C15H16N2O2S/c18-15(13-9-20-10-17-13)16-8-12-6-7-19-14(12)11-4-2-1-3-5-11/h1-5,9-10,12,14H,6-8H2,(H,16,18)/t12-,14-/m0/s1. The van der Waals surface area contributed by atoms with Crippen LogP contribution in [0.4, 0.5) is 0 Å². The molecule has 2 heterocycles. The maximum Gasteiger partial charge on any atom is 0.270 e. The Morgan fingerprint density at radius 2 is 2.25 bits per heavy atom. The molecule has 0 saturated carbocycles. The van der Waals surface area contributed by atoms with Gasteiger partial charge in [-0.25, -0.2) is 4.98 Å². The Hall–Kier alpha value is -1.72. The summed E-state index contributed by atoms with van der Waals surface area (Å²) in [6, 6.07) is 10.2. The lowest BCUT2D eigenvalue weighted by molar-refractivity contribution is 0.0844. The van der Waals surface area contributed by atoms with Crippen LogP contribution in [0.2, 0.25) is 0 Å². The number of amides is 1. The van der Waals surface area contributed by atoms with Crippen LogP contribution in [0.3, 0.4) is 0 Å². The summed E-state index contributed by atoms with van der Waals surface area (Å²) in [4.78, 5) is 15.9. The molecule has 1 fully saturated rings. The van der Waals surface area contributed by atoms with Crippen LogP contribution >= 0.6 is 11.3 Å². The molecule has 2 atom stereocenters. The van der Waals surface area contributed by atoms with E-state index in [-0.39, 0.29) is 12.0 Å². The van der Waals surface area contributed by atoms with Crippen LogP contribution in [-0.2, 0) is 4.74 Å². The Morgan fingerprint density at radius 3 is 3.00 bits per heavy atom. The van der Waals surface area contributed by atoms with Crippen molar-refractivity contribution in [2.24, 2.45) is 5.92 Å². The molecule has 2 aromatic rings. The fourth-order valence-corrected chi connectivity index (χ4v) is 3.03. The van der Waals surface area contributed by atoms with Crippen molar-refractivity contribution in [3.8, 4) is 0 Å². The van der Waals surface area contributed by atoms with Crippen molar-refractivity contribution in [1.29, 1.82) is 0 Å². The topological polar surface area (TPSA) is 51.2 Å². The van der Waals surface area contributed by atoms with Crippen LogP contribution in [0.15, 0.2) is 41.2 Å². The van der Waals surface area contributed by atoms with Crippen LogP contribution in [-0.4, -0.2) is 24.0 Å². The van der Waals surface area contributed by atoms with E-state index >= 15 is 0 Å². The van der Waals surface area contributed by atoms with Crippen LogP contribution in [0.5, 0.6) is 0 Å². The van der Waals surface area contributed by atoms with Gasteiger partial charge in [0.05, 0.1) is 11.6 Å². The number of nitrogens with zero attached hydrogens (tertiary/aromatic N) is 1. The first kappa shape index (κ1) is 13.3. The van der Waals surface area contributed by atoms with Gasteiger partial charge >= 0.3 is 0 Å². The van der Waals surface area contributed by atoms with Crippen LogP contribution < -0.4 is 5.32 Å². The van der Waals surface area contributed by atoms with Gasteiger partial charge < -0.3 is 10.1 Å². The van der Waals surface area contributed by atoms with E-state index in [0.29, 0.717) is 18.2 Å². The fourth-order valence-electron chi connectivity index (χ4n) is 2.49. The van der Waals surface area contributed by atoms with Gasteiger partial charge in [0, 0.05) is 24.4 Å². The molecule has 1 aliphatic rings. The van der Waals surface area contributed by atoms with Crippen molar-refractivity contribution in [3.05, 3.63) is 52.5 Å². The van der Waals surface area contributed by atoms with E-state index in [2.05, 4.69) is 22.4 Å². The number of aromatic nitrogens is 1. The fraction of sp³-hybridized carbons (Fsp3) is 0.333. The van der Waals surface area contributed by atoms with E-state index in [4.69, 9.17) is 4.74 Å². The highest BCUT2D eigenvalue weighted by Gasteiger charge is 2.29. The lowest BCUT2D eigenvalue weighted by atomic mass is 9.95. The third-order valence-corrected chi connectivity index (χ3v) is 4.12. The van der Waals surface area contributed by atoms with E-state index < -0.39 is 0 Å². The van der Waals surface area contributed by atoms with Crippen LogP contribution in [0, 0.1) is 5.92 Å². The number of benzene rings is 1. The monoisotopic (exact) mass is 288 g/mol. The predicted molar refractivity (Wildman–Crippen MR) is 77.7 cm³/mol. The van der Waals surface area contributed by atoms with Crippen LogP contribution in [0.25, 0.3) is 0 Å². The van der Waals surface area contributed by atoms with E-state index in [1.165, 1.54) is 16.9 Å². The van der Waals surface area contributed by atoms with Gasteiger partial charge in [-0.2, -0.15) is 0 Å². The zero-order valence-corrected chi connectivity index (χ0v) is 11.8. The maximum atomic E-state index is 11.9. The molecule has 0 bridgehead atoms.